The van der Waals surface area contributed by atoms with Crippen LogP contribution in [-0.4, -0.2) is 28.2 Å². The predicted molar refractivity (Wildman–Crippen MR) is 124 cm³/mol. The molecule has 0 radical (unpaired) electrons. The standard InChI is InChI=1S/C27H27FN2O4/c1-15(27(31)32)25(17-4-5-17)19-6-3-16-7-8-22(34-23(16)12-19)26-21(28)11-20(14-30-26)18-9-10-29-24(13-18)33-2/h3,6,9-15,17,22,25H,4-5,7-8H2,1-2H3,(H,31,32)/t15-,22?,25?/m0/s1. The first-order valence-corrected chi connectivity index (χ1v) is 11.6. The van der Waals surface area contributed by atoms with E-state index < -0.39 is 23.8 Å². The van der Waals surface area contributed by atoms with Gasteiger partial charge in [-0.1, -0.05) is 19.1 Å². The monoisotopic (exact) mass is 462 g/mol. The predicted octanol–water partition coefficient (Wildman–Crippen LogP) is 5.57. The molecular formula is C27H27FN2O4. The minimum Gasteiger partial charge on any atom is -0.484 e. The average Bonchev–Trinajstić information content (AvgIpc) is 3.68. The number of pyridine rings is 2. The van der Waals surface area contributed by atoms with Crippen molar-refractivity contribution in [2.75, 3.05) is 7.11 Å². The number of methoxy groups -OCH3 is 1. The molecule has 1 N–H and O–H groups in total. The lowest BCUT2D eigenvalue weighted by Crippen LogP contribution is -2.22. The van der Waals surface area contributed by atoms with Crippen molar-refractivity contribution < 1.29 is 23.8 Å². The number of halogens is 1. The van der Waals surface area contributed by atoms with E-state index in [-0.39, 0.29) is 11.6 Å². The Morgan fingerprint density at radius 3 is 2.68 bits per heavy atom. The number of carboxylic acid groups (broad SMARTS) is 1. The number of carbonyl (C=O) groups is 1. The molecule has 2 aliphatic rings. The highest BCUT2D eigenvalue weighted by Gasteiger charge is 2.39. The van der Waals surface area contributed by atoms with Gasteiger partial charge in [-0.05, 0) is 72.4 Å². The van der Waals surface area contributed by atoms with Gasteiger partial charge in [0.25, 0.3) is 0 Å². The molecular weight excluding hydrogens is 435 g/mol. The molecule has 1 fully saturated rings. The van der Waals surface area contributed by atoms with E-state index >= 15 is 4.39 Å². The molecule has 1 aliphatic carbocycles. The fourth-order valence-electron chi connectivity index (χ4n) is 4.91. The normalized spacial score (nSPS) is 19.0. The summed E-state index contributed by atoms with van der Waals surface area (Å²) in [6.07, 6.45) is 6.21. The zero-order valence-electron chi connectivity index (χ0n) is 19.2. The van der Waals surface area contributed by atoms with Gasteiger partial charge in [0.2, 0.25) is 5.88 Å². The van der Waals surface area contributed by atoms with Gasteiger partial charge in [0.05, 0.1) is 13.0 Å². The molecule has 2 unspecified atom stereocenters. The van der Waals surface area contributed by atoms with E-state index in [1.54, 1.807) is 31.5 Å². The number of aliphatic carboxylic acids is 1. The third-order valence-electron chi connectivity index (χ3n) is 6.93. The van der Waals surface area contributed by atoms with Crippen molar-refractivity contribution in [2.45, 2.75) is 44.6 Å². The number of carboxylic acids is 1. The highest BCUT2D eigenvalue weighted by molar-refractivity contribution is 5.71. The lowest BCUT2D eigenvalue weighted by molar-refractivity contribution is -0.142. The Balaban J connectivity index is 1.40. The number of fused-ring (bicyclic) bond motifs is 1. The summed E-state index contributed by atoms with van der Waals surface area (Å²) in [6, 6.07) is 11.0. The van der Waals surface area contributed by atoms with Crippen molar-refractivity contribution >= 4 is 5.97 Å². The van der Waals surface area contributed by atoms with E-state index in [0.29, 0.717) is 29.5 Å². The molecule has 176 valence electrons. The summed E-state index contributed by atoms with van der Waals surface area (Å²) in [5.74, 6) is -0.184. The highest BCUT2D eigenvalue weighted by Crippen LogP contribution is 2.48. The largest absolute Gasteiger partial charge is 0.484 e. The maximum atomic E-state index is 15.1. The summed E-state index contributed by atoms with van der Waals surface area (Å²) in [5.41, 5.74) is 3.71. The molecule has 5 rings (SSSR count). The Labute approximate surface area is 197 Å². The van der Waals surface area contributed by atoms with Crippen LogP contribution >= 0.6 is 0 Å². The second-order valence-corrected chi connectivity index (χ2v) is 9.18. The summed E-state index contributed by atoms with van der Waals surface area (Å²) < 4.78 is 26.5. The number of aromatic nitrogens is 2. The lowest BCUT2D eigenvalue weighted by atomic mass is 9.82. The van der Waals surface area contributed by atoms with Crippen molar-refractivity contribution in [1.82, 2.24) is 9.97 Å². The van der Waals surface area contributed by atoms with Gasteiger partial charge in [-0.15, -0.1) is 0 Å². The van der Waals surface area contributed by atoms with E-state index in [1.807, 2.05) is 18.2 Å². The summed E-state index contributed by atoms with van der Waals surface area (Å²) in [4.78, 5) is 20.2. The molecule has 0 saturated heterocycles. The van der Waals surface area contributed by atoms with Crippen LogP contribution in [-0.2, 0) is 11.2 Å². The fraction of sp³-hybridized carbons (Fsp3) is 0.370. The molecule has 3 heterocycles. The van der Waals surface area contributed by atoms with Gasteiger partial charge < -0.3 is 14.6 Å². The van der Waals surface area contributed by atoms with Gasteiger partial charge >= 0.3 is 5.97 Å². The van der Waals surface area contributed by atoms with Crippen LogP contribution < -0.4 is 9.47 Å². The van der Waals surface area contributed by atoms with Gasteiger partial charge in [0.1, 0.15) is 23.4 Å². The molecule has 34 heavy (non-hydrogen) atoms. The number of benzene rings is 1. The molecule has 1 aromatic carbocycles. The van der Waals surface area contributed by atoms with Crippen LogP contribution in [0.1, 0.15) is 55.0 Å². The Morgan fingerprint density at radius 1 is 1.15 bits per heavy atom. The molecule has 7 heteroatoms. The number of hydrogen-bond acceptors (Lipinski definition) is 5. The highest BCUT2D eigenvalue weighted by atomic mass is 19.1. The lowest BCUT2D eigenvalue weighted by Gasteiger charge is -2.28. The summed E-state index contributed by atoms with van der Waals surface area (Å²) in [7, 11) is 1.53. The minimum atomic E-state index is -0.786. The van der Waals surface area contributed by atoms with Crippen LogP contribution in [0.15, 0.2) is 48.8 Å². The van der Waals surface area contributed by atoms with Crippen molar-refractivity contribution in [3.63, 3.8) is 0 Å². The summed E-state index contributed by atoms with van der Waals surface area (Å²) >= 11 is 0. The second kappa shape index (κ2) is 9.05. The molecule has 1 saturated carbocycles. The van der Waals surface area contributed by atoms with E-state index in [2.05, 4.69) is 9.97 Å². The van der Waals surface area contributed by atoms with Crippen LogP contribution in [0.5, 0.6) is 11.6 Å². The number of aryl methyl sites for hydroxylation is 1. The molecule has 0 bridgehead atoms. The number of rotatable bonds is 7. The molecule has 2 aromatic heterocycles. The first kappa shape index (κ1) is 22.3. The first-order chi connectivity index (χ1) is 16.4. The Morgan fingerprint density at radius 2 is 1.97 bits per heavy atom. The minimum absolute atomic E-state index is 0.0433. The second-order valence-electron chi connectivity index (χ2n) is 9.18. The van der Waals surface area contributed by atoms with Gasteiger partial charge in [-0.3, -0.25) is 9.78 Å². The van der Waals surface area contributed by atoms with E-state index in [1.165, 1.54) is 13.2 Å². The molecule has 3 atom stereocenters. The van der Waals surface area contributed by atoms with Crippen LogP contribution in [0.4, 0.5) is 4.39 Å². The Hall–Kier alpha value is -3.48. The molecule has 1 aliphatic heterocycles. The van der Waals surface area contributed by atoms with Gasteiger partial charge in [-0.2, -0.15) is 0 Å². The number of hydrogen-bond donors (Lipinski definition) is 1. The van der Waals surface area contributed by atoms with Crippen LogP contribution in [0.25, 0.3) is 11.1 Å². The van der Waals surface area contributed by atoms with Crippen molar-refractivity contribution in [3.8, 4) is 22.8 Å². The maximum Gasteiger partial charge on any atom is 0.306 e. The fourth-order valence-corrected chi connectivity index (χ4v) is 4.91. The van der Waals surface area contributed by atoms with E-state index in [4.69, 9.17) is 9.47 Å². The quantitative estimate of drug-likeness (QED) is 0.494. The molecule has 0 spiro atoms. The smallest absolute Gasteiger partial charge is 0.306 e. The topological polar surface area (TPSA) is 81.5 Å². The number of nitrogens with zero attached hydrogens (tertiary/aromatic N) is 2. The SMILES string of the molecule is COc1cc(-c2cnc(C3CCc4ccc(C(C5CC5)[C@H](C)C(=O)O)cc4O3)c(F)c2)ccn1. The molecule has 6 nitrogen and oxygen atoms in total. The summed E-state index contributed by atoms with van der Waals surface area (Å²) in [5, 5.41) is 9.59. The zero-order chi connectivity index (χ0) is 23.8. The van der Waals surface area contributed by atoms with Gasteiger partial charge in [0, 0.05) is 24.0 Å². The van der Waals surface area contributed by atoms with Crippen molar-refractivity contribution in [1.29, 1.82) is 0 Å². The maximum absolute atomic E-state index is 15.1. The molecule has 3 aromatic rings. The first-order valence-electron chi connectivity index (χ1n) is 11.6. The van der Waals surface area contributed by atoms with E-state index in [9.17, 15) is 9.90 Å². The van der Waals surface area contributed by atoms with Crippen molar-refractivity contribution in [3.05, 3.63) is 71.4 Å². The zero-order valence-corrected chi connectivity index (χ0v) is 19.2. The van der Waals surface area contributed by atoms with Crippen LogP contribution in [0, 0.1) is 17.7 Å². The third kappa shape index (κ3) is 4.34. The van der Waals surface area contributed by atoms with Crippen LogP contribution in [0.3, 0.4) is 0 Å². The van der Waals surface area contributed by atoms with Crippen LogP contribution in [0.2, 0.25) is 0 Å². The van der Waals surface area contributed by atoms with Gasteiger partial charge in [-0.25, -0.2) is 9.37 Å². The average molecular weight is 463 g/mol. The Kier molecular flexibility index (Phi) is 5.94. The third-order valence-corrected chi connectivity index (χ3v) is 6.93. The number of ether oxygens (including phenoxy) is 2. The van der Waals surface area contributed by atoms with Gasteiger partial charge in [0.15, 0.2) is 0 Å². The van der Waals surface area contributed by atoms with Crippen molar-refractivity contribution in [2.24, 2.45) is 11.8 Å². The summed E-state index contributed by atoms with van der Waals surface area (Å²) in [6.45, 7) is 1.77. The Bertz CT molecular complexity index is 1230. The van der Waals surface area contributed by atoms with E-state index in [0.717, 1.165) is 36.0 Å². The molecule has 0 amide bonds.